The van der Waals surface area contributed by atoms with Gasteiger partial charge in [0.25, 0.3) is 0 Å². The van der Waals surface area contributed by atoms with Gasteiger partial charge < -0.3 is 4.74 Å². The predicted octanol–water partition coefficient (Wildman–Crippen LogP) is 2.74. The van der Waals surface area contributed by atoms with Crippen LogP contribution in [0.25, 0.3) is 0 Å². The first-order valence-corrected chi connectivity index (χ1v) is 5.16. The molecule has 80 valence electrons. The molecule has 0 radical (unpaired) electrons. The van der Waals surface area contributed by atoms with Gasteiger partial charge in [-0.25, -0.2) is 4.79 Å². The molecule has 0 unspecified atom stereocenters. The number of rotatable bonds is 6. The van der Waals surface area contributed by atoms with Gasteiger partial charge in [0.2, 0.25) is 0 Å². The van der Waals surface area contributed by atoms with Crippen molar-refractivity contribution in [2.45, 2.75) is 19.3 Å². The van der Waals surface area contributed by atoms with Gasteiger partial charge in [-0.05, 0) is 24.8 Å². The fourth-order valence-electron chi connectivity index (χ4n) is 1.31. The zero-order valence-electron chi connectivity index (χ0n) is 8.82. The number of hydrogen-bond acceptors (Lipinski definition) is 2. The summed E-state index contributed by atoms with van der Waals surface area (Å²) in [6.07, 6.45) is 4.16. The number of ether oxygens (including phenoxy) is 1. The maximum atomic E-state index is 10.7. The van der Waals surface area contributed by atoms with Crippen LogP contribution in [0.4, 0.5) is 0 Å². The first-order valence-electron chi connectivity index (χ1n) is 5.16. The van der Waals surface area contributed by atoms with Crippen LogP contribution in [0, 0.1) is 0 Å². The summed E-state index contributed by atoms with van der Waals surface area (Å²) in [5.74, 6) is -0.338. The molecule has 0 aliphatic rings. The second kappa shape index (κ2) is 6.82. The molecule has 2 nitrogen and oxygen atoms in total. The van der Waals surface area contributed by atoms with E-state index < -0.39 is 0 Å². The molecule has 0 aliphatic carbocycles. The number of unbranched alkanes of at least 4 members (excludes halogenated alkanes) is 1. The van der Waals surface area contributed by atoms with Gasteiger partial charge in [0.1, 0.15) is 0 Å². The second-order valence-corrected chi connectivity index (χ2v) is 3.31. The Kier molecular flexibility index (Phi) is 5.23. The summed E-state index contributed by atoms with van der Waals surface area (Å²) in [5.41, 5.74) is 1.33. The van der Waals surface area contributed by atoms with E-state index in [0.29, 0.717) is 6.61 Å². The summed E-state index contributed by atoms with van der Waals surface area (Å²) in [4.78, 5) is 10.7. The van der Waals surface area contributed by atoms with Gasteiger partial charge in [-0.2, -0.15) is 0 Å². The first kappa shape index (κ1) is 11.5. The lowest BCUT2D eigenvalue weighted by Gasteiger charge is -2.02. The fraction of sp³-hybridized carbons (Fsp3) is 0.308. The molecular weight excluding hydrogens is 188 g/mol. The maximum absolute atomic E-state index is 10.7. The fourth-order valence-corrected chi connectivity index (χ4v) is 1.31. The van der Waals surface area contributed by atoms with Crippen molar-refractivity contribution in [3.63, 3.8) is 0 Å². The van der Waals surface area contributed by atoms with E-state index in [9.17, 15) is 4.79 Å². The molecule has 0 bridgehead atoms. The van der Waals surface area contributed by atoms with Crippen molar-refractivity contribution >= 4 is 5.97 Å². The highest BCUT2D eigenvalue weighted by Crippen LogP contribution is 2.04. The summed E-state index contributed by atoms with van der Waals surface area (Å²) in [5, 5.41) is 0. The van der Waals surface area contributed by atoms with Gasteiger partial charge in [0.15, 0.2) is 0 Å². The minimum Gasteiger partial charge on any atom is -0.463 e. The number of benzene rings is 1. The molecule has 0 fully saturated rings. The van der Waals surface area contributed by atoms with E-state index in [1.165, 1.54) is 11.6 Å². The lowest BCUT2D eigenvalue weighted by Crippen LogP contribution is -2.02. The van der Waals surface area contributed by atoms with Crippen molar-refractivity contribution in [2.24, 2.45) is 0 Å². The van der Waals surface area contributed by atoms with E-state index >= 15 is 0 Å². The molecule has 0 saturated heterocycles. The van der Waals surface area contributed by atoms with E-state index in [0.717, 1.165) is 19.3 Å². The van der Waals surface area contributed by atoms with Crippen molar-refractivity contribution < 1.29 is 9.53 Å². The highest BCUT2D eigenvalue weighted by atomic mass is 16.5. The summed E-state index contributed by atoms with van der Waals surface area (Å²) >= 11 is 0. The van der Waals surface area contributed by atoms with Crippen LogP contribution in [0.1, 0.15) is 18.4 Å². The van der Waals surface area contributed by atoms with Gasteiger partial charge in [-0.1, -0.05) is 36.9 Å². The first-order chi connectivity index (χ1) is 7.33. The molecule has 0 spiro atoms. The van der Waals surface area contributed by atoms with Crippen LogP contribution in [-0.4, -0.2) is 12.6 Å². The molecule has 1 aromatic rings. The monoisotopic (exact) mass is 204 g/mol. The quantitative estimate of drug-likeness (QED) is 0.404. The number of carbonyl (C=O) groups is 1. The zero-order valence-corrected chi connectivity index (χ0v) is 8.82. The van der Waals surface area contributed by atoms with Crippen molar-refractivity contribution in [3.8, 4) is 0 Å². The van der Waals surface area contributed by atoms with Crippen molar-refractivity contribution in [1.82, 2.24) is 0 Å². The minimum absolute atomic E-state index is 0.338. The van der Waals surface area contributed by atoms with Crippen LogP contribution >= 0.6 is 0 Å². The molecule has 0 aliphatic heterocycles. The zero-order chi connectivity index (χ0) is 10.9. The van der Waals surface area contributed by atoms with Crippen LogP contribution in [0.15, 0.2) is 43.0 Å². The average molecular weight is 204 g/mol. The molecule has 0 heterocycles. The van der Waals surface area contributed by atoms with Crippen LogP contribution in [0.5, 0.6) is 0 Å². The Morgan fingerprint density at radius 1 is 1.27 bits per heavy atom. The molecule has 0 atom stereocenters. The van der Waals surface area contributed by atoms with E-state index in [2.05, 4.69) is 18.7 Å². The lowest BCUT2D eigenvalue weighted by atomic mass is 10.1. The molecule has 0 saturated carbocycles. The van der Waals surface area contributed by atoms with E-state index in [-0.39, 0.29) is 5.97 Å². The van der Waals surface area contributed by atoms with E-state index in [4.69, 9.17) is 4.74 Å². The van der Waals surface area contributed by atoms with Gasteiger partial charge in [-0.15, -0.1) is 0 Å². The third-order valence-corrected chi connectivity index (χ3v) is 2.11. The number of aryl methyl sites for hydroxylation is 1. The molecule has 1 aromatic carbocycles. The third kappa shape index (κ3) is 5.01. The third-order valence-electron chi connectivity index (χ3n) is 2.11. The molecule has 15 heavy (non-hydrogen) atoms. The SMILES string of the molecule is C=CC(=O)OCCCCc1ccccc1. The predicted molar refractivity (Wildman–Crippen MR) is 60.5 cm³/mol. The van der Waals surface area contributed by atoms with Crippen LogP contribution in [-0.2, 0) is 16.0 Å². The van der Waals surface area contributed by atoms with Crippen molar-refractivity contribution in [1.29, 1.82) is 0 Å². The van der Waals surface area contributed by atoms with Gasteiger partial charge in [-0.3, -0.25) is 0 Å². The van der Waals surface area contributed by atoms with Crippen LogP contribution in [0.2, 0.25) is 0 Å². The summed E-state index contributed by atoms with van der Waals surface area (Å²) in [6.45, 7) is 3.82. The molecule has 2 heteroatoms. The maximum Gasteiger partial charge on any atom is 0.330 e. The van der Waals surface area contributed by atoms with E-state index in [1.54, 1.807) is 0 Å². The van der Waals surface area contributed by atoms with Gasteiger partial charge in [0, 0.05) is 6.08 Å². The molecule has 0 N–H and O–H groups in total. The summed E-state index contributed by atoms with van der Waals surface area (Å²) in [6, 6.07) is 10.3. The van der Waals surface area contributed by atoms with Gasteiger partial charge >= 0.3 is 5.97 Å². The Morgan fingerprint density at radius 3 is 2.67 bits per heavy atom. The summed E-state index contributed by atoms with van der Waals surface area (Å²) < 4.78 is 4.87. The lowest BCUT2D eigenvalue weighted by molar-refractivity contribution is -0.137. The highest BCUT2D eigenvalue weighted by molar-refractivity contribution is 5.81. The molecule has 0 aromatic heterocycles. The number of hydrogen-bond donors (Lipinski definition) is 0. The molecular formula is C13H16O2. The Balaban J connectivity index is 2.07. The number of esters is 1. The highest BCUT2D eigenvalue weighted by Gasteiger charge is 1.95. The Morgan fingerprint density at radius 2 is 2.00 bits per heavy atom. The van der Waals surface area contributed by atoms with Crippen molar-refractivity contribution in [3.05, 3.63) is 48.6 Å². The van der Waals surface area contributed by atoms with Crippen LogP contribution < -0.4 is 0 Å². The minimum atomic E-state index is -0.338. The van der Waals surface area contributed by atoms with Crippen LogP contribution in [0.3, 0.4) is 0 Å². The van der Waals surface area contributed by atoms with E-state index in [1.807, 2.05) is 18.2 Å². The topological polar surface area (TPSA) is 26.3 Å². The largest absolute Gasteiger partial charge is 0.463 e. The Bertz CT molecular complexity index is 304. The molecule has 0 amide bonds. The standard InChI is InChI=1S/C13H16O2/c1-2-13(14)15-11-7-6-10-12-8-4-3-5-9-12/h2-5,8-9H,1,6-7,10-11H2. The number of carbonyl (C=O) groups excluding carboxylic acids is 1. The molecule has 1 rings (SSSR count). The second-order valence-electron chi connectivity index (χ2n) is 3.31. The Labute approximate surface area is 90.6 Å². The summed E-state index contributed by atoms with van der Waals surface area (Å²) in [7, 11) is 0. The smallest absolute Gasteiger partial charge is 0.330 e. The normalized spacial score (nSPS) is 9.60. The van der Waals surface area contributed by atoms with Gasteiger partial charge in [0.05, 0.1) is 6.61 Å². The Hall–Kier alpha value is -1.57. The van der Waals surface area contributed by atoms with Crippen molar-refractivity contribution in [2.75, 3.05) is 6.61 Å². The average Bonchev–Trinajstić information content (AvgIpc) is 2.29.